The Bertz CT molecular complexity index is 303. The lowest BCUT2D eigenvalue weighted by Crippen LogP contribution is -2.44. The van der Waals surface area contributed by atoms with Crippen LogP contribution in [-0.4, -0.2) is 18.0 Å². The average Bonchev–Trinajstić information content (AvgIpc) is 2.16. The SMILES string of the molecule is CC1CN(Cc2ccccc2CN)C1. The van der Waals surface area contributed by atoms with Gasteiger partial charge in [-0.1, -0.05) is 31.2 Å². The lowest BCUT2D eigenvalue weighted by atomic mass is 10.00. The molecule has 0 unspecified atom stereocenters. The summed E-state index contributed by atoms with van der Waals surface area (Å²) < 4.78 is 0. The molecule has 0 bridgehead atoms. The van der Waals surface area contributed by atoms with Crippen LogP contribution in [0.25, 0.3) is 0 Å². The molecular formula is C12H18N2. The van der Waals surface area contributed by atoms with E-state index in [1.807, 2.05) is 0 Å². The molecule has 0 aromatic heterocycles. The van der Waals surface area contributed by atoms with Gasteiger partial charge in [0.2, 0.25) is 0 Å². The number of nitrogens with two attached hydrogens (primary N) is 1. The molecule has 0 radical (unpaired) electrons. The topological polar surface area (TPSA) is 29.3 Å². The van der Waals surface area contributed by atoms with E-state index in [9.17, 15) is 0 Å². The first-order valence-corrected chi connectivity index (χ1v) is 5.29. The summed E-state index contributed by atoms with van der Waals surface area (Å²) in [7, 11) is 0. The number of nitrogens with zero attached hydrogens (tertiary/aromatic N) is 1. The molecule has 1 heterocycles. The molecule has 1 saturated heterocycles. The van der Waals surface area contributed by atoms with E-state index >= 15 is 0 Å². The summed E-state index contributed by atoms with van der Waals surface area (Å²) in [6, 6.07) is 8.46. The maximum Gasteiger partial charge on any atom is 0.0237 e. The lowest BCUT2D eigenvalue weighted by molar-refractivity contribution is 0.104. The third-order valence-corrected chi connectivity index (χ3v) is 2.87. The van der Waals surface area contributed by atoms with E-state index in [1.54, 1.807) is 0 Å². The second-order valence-electron chi connectivity index (χ2n) is 4.27. The van der Waals surface area contributed by atoms with Crippen LogP contribution in [0.5, 0.6) is 0 Å². The maximum absolute atomic E-state index is 5.69. The van der Waals surface area contributed by atoms with Crippen molar-refractivity contribution in [1.82, 2.24) is 4.90 Å². The lowest BCUT2D eigenvalue weighted by Gasteiger charge is -2.37. The Labute approximate surface area is 85.7 Å². The molecule has 0 spiro atoms. The number of benzene rings is 1. The highest BCUT2D eigenvalue weighted by Crippen LogP contribution is 2.19. The summed E-state index contributed by atoms with van der Waals surface area (Å²) in [6.07, 6.45) is 0. The maximum atomic E-state index is 5.69. The van der Waals surface area contributed by atoms with Gasteiger partial charge in [-0.05, 0) is 17.0 Å². The zero-order chi connectivity index (χ0) is 9.97. The molecule has 76 valence electrons. The highest BCUT2D eigenvalue weighted by molar-refractivity contribution is 5.26. The summed E-state index contributed by atoms with van der Waals surface area (Å²) >= 11 is 0. The average molecular weight is 190 g/mol. The fourth-order valence-electron chi connectivity index (χ4n) is 2.11. The van der Waals surface area contributed by atoms with Crippen LogP contribution in [0.4, 0.5) is 0 Å². The van der Waals surface area contributed by atoms with Gasteiger partial charge in [-0.25, -0.2) is 0 Å². The molecule has 1 fully saturated rings. The Hall–Kier alpha value is -0.860. The van der Waals surface area contributed by atoms with Crippen LogP contribution in [0.1, 0.15) is 18.1 Å². The highest BCUT2D eigenvalue weighted by atomic mass is 15.2. The van der Waals surface area contributed by atoms with Gasteiger partial charge in [0.25, 0.3) is 0 Å². The first-order valence-electron chi connectivity index (χ1n) is 5.29. The van der Waals surface area contributed by atoms with Crippen molar-refractivity contribution in [3.05, 3.63) is 35.4 Å². The van der Waals surface area contributed by atoms with Gasteiger partial charge in [0.15, 0.2) is 0 Å². The third-order valence-electron chi connectivity index (χ3n) is 2.87. The van der Waals surface area contributed by atoms with Crippen LogP contribution < -0.4 is 5.73 Å². The molecule has 1 aromatic rings. The Morgan fingerprint density at radius 1 is 1.29 bits per heavy atom. The van der Waals surface area contributed by atoms with Crippen LogP contribution in [0.2, 0.25) is 0 Å². The van der Waals surface area contributed by atoms with Gasteiger partial charge in [0.1, 0.15) is 0 Å². The Morgan fingerprint density at radius 3 is 2.50 bits per heavy atom. The van der Waals surface area contributed by atoms with Crippen molar-refractivity contribution in [2.24, 2.45) is 11.7 Å². The van der Waals surface area contributed by atoms with Crippen LogP contribution in [0.3, 0.4) is 0 Å². The highest BCUT2D eigenvalue weighted by Gasteiger charge is 2.22. The van der Waals surface area contributed by atoms with Gasteiger partial charge in [-0.15, -0.1) is 0 Å². The Balaban J connectivity index is 2.01. The minimum absolute atomic E-state index is 0.652. The van der Waals surface area contributed by atoms with E-state index in [1.165, 1.54) is 24.2 Å². The smallest absolute Gasteiger partial charge is 0.0237 e. The van der Waals surface area contributed by atoms with Crippen molar-refractivity contribution in [3.8, 4) is 0 Å². The molecule has 1 aliphatic heterocycles. The molecule has 1 aromatic carbocycles. The Kier molecular flexibility index (Phi) is 2.85. The molecule has 2 nitrogen and oxygen atoms in total. The van der Waals surface area contributed by atoms with Gasteiger partial charge >= 0.3 is 0 Å². The molecule has 0 amide bonds. The van der Waals surface area contributed by atoms with Crippen LogP contribution in [0.15, 0.2) is 24.3 Å². The monoisotopic (exact) mass is 190 g/mol. The van der Waals surface area contributed by atoms with E-state index in [-0.39, 0.29) is 0 Å². The van der Waals surface area contributed by atoms with Crippen LogP contribution in [0, 0.1) is 5.92 Å². The van der Waals surface area contributed by atoms with Crippen molar-refractivity contribution >= 4 is 0 Å². The van der Waals surface area contributed by atoms with Gasteiger partial charge in [-0.3, -0.25) is 4.90 Å². The zero-order valence-electron chi connectivity index (χ0n) is 8.74. The quantitative estimate of drug-likeness (QED) is 0.784. The van der Waals surface area contributed by atoms with Crippen molar-refractivity contribution < 1.29 is 0 Å². The predicted molar refractivity (Wildman–Crippen MR) is 58.8 cm³/mol. The fourth-order valence-corrected chi connectivity index (χ4v) is 2.11. The number of hydrogen-bond donors (Lipinski definition) is 1. The molecule has 1 aliphatic rings. The van der Waals surface area contributed by atoms with Gasteiger partial charge in [0.05, 0.1) is 0 Å². The van der Waals surface area contributed by atoms with Crippen molar-refractivity contribution in [2.75, 3.05) is 13.1 Å². The number of likely N-dealkylation sites (tertiary alicyclic amines) is 1. The van der Waals surface area contributed by atoms with Crippen LogP contribution in [-0.2, 0) is 13.1 Å². The molecule has 2 heteroatoms. The van der Waals surface area contributed by atoms with E-state index in [2.05, 4.69) is 36.1 Å². The molecule has 0 aliphatic carbocycles. The fraction of sp³-hybridized carbons (Fsp3) is 0.500. The molecule has 0 atom stereocenters. The van der Waals surface area contributed by atoms with Gasteiger partial charge < -0.3 is 5.73 Å². The molecule has 2 rings (SSSR count). The summed E-state index contributed by atoms with van der Waals surface area (Å²) in [5.41, 5.74) is 8.37. The minimum atomic E-state index is 0.652. The molecule has 14 heavy (non-hydrogen) atoms. The van der Waals surface area contributed by atoms with Gasteiger partial charge in [0, 0.05) is 26.2 Å². The largest absolute Gasteiger partial charge is 0.326 e. The first kappa shape index (κ1) is 9.69. The summed E-state index contributed by atoms with van der Waals surface area (Å²) in [5, 5.41) is 0. The third kappa shape index (κ3) is 1.97. The minimum Gasteiger partial charge on any atom is -0.326 e. The molecule has 2 N–H and O–H groups in total. The molecular weight excluding hydrogens is 172 g/mol. The van der Waals surface area contributed by atoms with E-state index in [0.717, 1.165) is 12.5 Å². The second kappa shape index (κ2) is 4.11. The van der Waals surface area contributed by atoms with E-state index < -0.39 is 0 Å². The summed E-state index contributed by atoms with van der Waals surface area (Å²) in [6.45, 7) is 6.49. The zero-order valence-corrected chi connectivity index (χ0v) is 8.74. The predicted octanol–water partition coefficient (Wildman–Crippen LogP) is 1.60. The number of hydrogen-bond acceptors (Lipinski definition) is 2. The van der Waals surface area contributed by atoms with Gasteiger partial charge in [-0.2, -0.15) is 0 Å². The molecule has 0 saturated carbocycles. The van der Waals surface area contributed by atoms with Crippen LogP contribution >= 0.6 is 0 Å². The summed E-state index contributed by atoms with van der Waals surface area (Å²) in [4.78, 5) is 2.47. The summed E-state index contributed by atoms with van der Waals surface area (Å²) in [5.74, 6) is 0.875. The van der Waals surface area contributed by atoms with E-state index in [4.69, 9.17) is 5.73 Å². The first-order chi connectivity index (χ1) is 6.79. The van der Waals surface area contributed by atoms with E-state index in [0.29, 0.717) is 6.54 Å². The van der Waals surface area contributed by atoms with Crippen molar-refractivity contribution in [1.29, 1.82) is 0 Å². The van der Waals surface area contributed by atoms with Crippen molar-refractivity contribution in [2.45, 2.75) is 20.0 Å². The normalized spacial score (nSPS) is 18.1. The Morgan fingerprint density at radius 2 is 1.93 bits per heavy atom. The standard InChI is InChI=1S/C12H18N2/c1-10-7-14(8-10)9-12-5-3-2-4-11(12)6-13/h2-5,10H,6-9,13H2,1H3. The second-order valence-corrected chi connectivity index (χ2v) is 4.27. The van der Waals surface area contributed by atoms with Crippen molar-refractivity contribution in [3.63, 3.8) is 0 Å². The number of rotatable bonds is 3.